The molecule has 4 saturated carbocycles. The second kappa shape index (κ2) is 5.38. The van der Waals surface area contributed by atoms with E-state index in [1.54, 1.807) is 0 Å². The van der Waals surface area contributed by atoms with Crippen LogP contribution in [0.1, 0.15) is 52.9 Å². The molecule has 4 fully saturated rings. The highest BCUT2D eigenvalue weighted by atomic mass is 16.7. The number of Topliss-reactive ketones (excluding diaryl/α,β-unsaturated/α-hetero) is 1. The summed E-state index contributed by atoms with van der Waals surface area (Å²) in [5, 5.41) is 0. The third-order valence-electron chi connectivity index (χ3n) is 6.21. The van der Waals surface area contributed by atoms with Gasteiger partial charge in [-0.05, 0) is 50.9 Å². The van der Waals surface area contributed by atoms with Gasteiger partial charge in [0.2, 0.25) is 0 Å². The smallest absolute Gasteiger partial charge is 0.310 e. The lowest BCUT2D eigenvalue weighted by Crippen LogP contribution is -2.61. The zero-order valence-corrected chi connectivity index (χ0v) is 13.3. The van der Waals surface area contributed by atoms with Crippen LogP contribution in [0.4, 0.5) is 0 Å². The van der Waals surface area contributed by atoms with Gasteiger partial charge in [0.25, 0.3) is 0 Å². The Bertz CT molecular complexity index is 446. The molecule has 4 heteroatoms. The molecule has 0 amide bonds. The molecule has 0 aliphatic heterocycles. The van der Waals surface area contributed by atoms with Gasteiger partial charge in [0.15, 0.2) is 6.79 Å². The van der Waals surface area contributed by atoms with Crippen LogP contribution in [-0.2, 0) is 19.1 Å². The first-order valence-corrected chi connectivity index (χ1v) is 8.30. The second-order valence-electron chi connectivity index (χ2n) is 7.38. The van der Waals surface area contributed by atoms with E-state index in [4.69, 9.17) is 9.47 Å². The lowest BCUT2D eigenvalue weighted by Gasteiger charge is -2.58. The molecule has 4 nitrogen and oxygen atoms in total. The number of esters is 1. The Morgan fingerprint density at radius 1 is 1.33 bits per heavy atom. The number of rotatable bonds is 5. The maximum atomic E-state index is 12.5. The Labute approximate surface area is 126 Å². The van der Waals surface area contributed by atoms with Gasteiger partial charge in [0.05, 0.1) is 11.5 Å². The van der Waals surface area contributed by atoms with E-state index in [2.05, 4.69) is 6.92 Å². The first kappa shape index (κ1) is 15.0. The Balaban J connectivity index is 1.62. The van der Waals surface area contributed by atoms with Crippen molar-refractivity contribution < 1.29 is 19.1 Å². The summed E-state index contributed by atoms with van der Waals surface area (Å²) in [6.45, 7) is 5.85. The molecule has 4 aliphatic rings. The van der Waals surface area contributed by atoms with E-state index in [0.29, 0.717) is 17.6 Å². The van der Waals surface area contributed by atoms with Crippen molar-refractivity contribution in [2.75, 3.05) is 6.79 Å². The fraction of sp³-hybridized carbons (Fsp3) is 0.882. The lowest BCUT2D eigenvalue weighted by molar-refractivity contribution is -0.225. The van der Waals surface area contributed by atoms with Crippen LogP contribution in [-0.4, -0.2) is 24.1 Å². The van der Waals surface area contributed by atoms with Crippen molar-refractivity contribution in [2.24, 2.45) is 29.6 Å². The highest BCUT2D eigenvalue weighted by Gasteiger charge is 2.60. The molecule has 4 rings (SSSR count). The number of carbonyl (C=O) groups excluding carboxylic acids is 2. The second-order valence-corrected chi connectivity index (χ2v) is 7.38. The van der Waals surface area contributed by atoms with Crippen LogP contribution in [0.15, 0.2) is 0 Å². The third-order valence-corrected chi connectivity index (χ3v) is 6.21. The fourth-order valence-electron chi connectivity index (χ4n) is 4.61. The Morgan fingerprint density at radius 2 is 2.10 bits per heavy atom. The van der Waals surface area contributed by atoms with Crippen molar-refractivity contribution in [3.8, 4) is 0 Å². The Hall–Kier alpha value is -0.900. The summed E-state index contributed by atoms with van der Waals surface area (Å²) < 4.78 is 11.2. The molecule has 118 valence electrons. The Morgan fingerprint density at radius 3 is 2.81 bits per heavy atom. The maximum absolute atomic E-state index is 12.5. The zero-order chi connectivity index (χ0) is 15.2. The summed E-state index contributed by atoms with van der Waals surface area (Å²) in [6.07, 6.45) is 4.94. The van der Waals surface area contributed by atoms with Crippen LogP contribution < -0.4 is 0 Å². The summed E-state index contributed by atoms with van der Waals surface area (Å²) >= 11 is 0. The minimum absolute atomic E-state index is 0.0102. The molecular weight excluding hydrogens is 268 g/mol. The SMILES string of the molecule is CCC(C)C(=O)OCOC1(C)C2CC3CC(C2)C(=O)C1C3. The average Bonchev–Trinajstić information content (AvgIpc) is 2.48. The Kier molecular flexibility index (Phi) is 3.85. The van der Waals surface area contributed by atoms with E-state index in [9.17, 15) is 9.59 Å². The van der Waals surface area contributed by atoms with Crippen LogP contribution in [0.3, 0.4) is 0 Å². The number of ether oxygens (including phenoxy) is 2. The van der Waals surface area contributed by atoms with E-state index in [1.807, 2.05) is 13.8 Å². The summed E-state index contributed by atoms with van der Waals surface area (Å²) in [4.78, 5) is 24.2. The standard InChI is InChI=1S/C17H26O4/c1-4-10(2)16(19)20-9-21-17(3)13-6-11-5-12(8-13)15(18)14(17)7-11/h10-14H,4-9H2,1-3H3. The zero-order valence-electron chi connectivity index (χ0n) is 13.3. The molecule has 0 N–H and O–H groups in total. The van der Waals surface area contributed by atoms with Gasteiger partial charge >= 0.3 is 5.97 Å². The summed E-state index contributed by atoms with van der Waals surface area (Å²) in [5.74, 6) is 1.51. The molecule has 0 spiro atoms. The highest BCUT2D eigenvalue weighted by Crippen LogP contribution is 2.57. The van der Waals surface area contributed by atoms with Crippen molar-refractivity contribution in [2.45, 2.75) is 58.5 Å². The lowest BCUT2D eigenvalue weighted by atomic mass is 9.49. The monoisotopic (exact) mass is 294 g/mol. The molecule has 4 bridgehead atoms. The largest absolute Gasteiger partial charge is 0.438 e. The third kappa shape index (κ3) is 2.41. The summed E-state index contributed by atoms with van der Waals surface area (Å²) in [7, 11) is 0. The molecule has 21 heavy (non-hydrogen) atoms. The minimum atomic E-state index is -0.430. The number of ketones is 1. The van der Waals surface area contributed by atoms with Crippen LogP contribution in [0, 0.1) is 29.6 Å². The van der Waals surface area contributed by atoms with E-state index >= 15 is 0 Å². The molecular formula is C17H26O4. The van der Waals surface area contributed by atoms with Crippen molar-refractivity contribution >= 4 is 11.8 Å². The van der Waals surface area contributed by atoms with Crippen molar-refractivity contribution in [1.82, 2.24) is 0 Å². The van der Waals surface area contributed by atoms with Gasteiger partial charge in [-0.3, -0.25) is 9.59 Å². The van der Waals surface area contributed by atoms with Crippen molar-refractivity contribution in [3.63, 3.8) is 0 Å². The first-order chi connectivity index (χ1) is 9.95. The van der Waals surface area contributed by atoms with Gasteiger partial charge in [0.1, 0.15) is 5.78 Å². The van der Waals surface area contributed by atoms with Gasteiger partial charge < -0.3 is 9.47 Å². The van der Waals surface area contributed by atoms with Crippen LogP contribution in [0.5, 0.6) is 0 Å². The molecule has 0 heterocycles. The minimum Gasteiger partial charge on any atom is -0.438 e. The van der Waals surface area contributed by atoms with E-state index < -0.39 is 5.60 Å². The fourth-order valence-corrected chi connectivity index (χ4v) is 4.61. The first-order valence-electron chi connectivity index (χ1n) is 8.30. The predicted molar refractivity (Wildman–Crippen MR) is 77.3 cm³/mol. The molecule has 6 unspecified atom stereocenters. The van der Waals surface area contributed by atoms with Crippen LogP contribution in [0.25, 0.3) is 0 Å². The topological polar surface area (TPSA) is 52.6 Å². The number of carbonyl (C=O) groups is 2. The van der Waals surface area contributed by atoms with Crippen LogP contribution >= 0.6 is 0 Å². The number of hydrogen-bond donors (Lipinski definition) is 0. The quantitative estimate of drug-likeness (QED) is 0.578. The molecule has 6 atom stereocenters. The molecule has 4 aliphatic carbocycles. The maximum Gasteiger partial charge on any atom is 0.310 e. The van der Waals surface area contributed by atoms with Gasteiger partial charge in [-0.15, -0.1) is 0 Å². The van der Waals surface area contributed by atoms with E-state index in [1.165, 1.54) is 0 Å². The van der Waals surface area contributed by atoms with Crippen molar-refractivity contribution in [3.05, 3.63) is 0 Å². The van der Waals surface area contributed by atoms with Gasteiger partial charge in [0, 0.05) is 11.8 Å². The summed E-state index contributed by atoms with van der Waals surface area (Å²) in [6, 6.07) is 0. The van der Waals surface area contributed by atoms with Gasteiger partial charge in [-0.2, -0.15) is 0 Å². The predicted octanol–water partition coefficient (Wildman–Crippen LogP) is 2.94. The molecule has 0 aromatic heterocycles. The normalized spacial score (nSPS) is 42.1. The molecule has 0 aromatic rings. The molecule has 0 radical (unpaired) electrons. The highest BCUT2D eigenvalue weighted by molar-refractivity contribution is 5.86. The van der Waals surface area contributed by atoms with Crippen molar-refractivity contribution in [1.29, 1.82) is 0 Å². The van der Waals surface area contributed by atoms with E-state index in [0.717, 1.165) is 32.1 Å². The van der Waals surface area contributed by atoms with Gasteiger partial charge in [-0.1, -0.05) is 13.8 Å². The summed E-state index contributed by atoms with van der Waals surface area (Å²) in [5.41, 5.74) is -0.430. The molecule has 0 aromatic carbocycles. The van der Waals surface area contributed by atoms with E-state index in [-0.39, 0.29) is 30.5 Å². The molecule has 0 saturated heterocycles. The number of hydrogen-bond acceptors (Lipinski definition) is 4. The van der Waals surface area contributed by atoms with Crippen LogP contribution in [0.2, 0.25) is 0 Å². The average molecular weight is 294 g/mol. The van der Waals surface area contributed by atoms with Gasteiger partial charge in [-0.25, -0.2) is 0 Å².